The highest BCUT2D eigenvalue weighted by atomic mass is 14.0. The van der Waals surface area contributed by atoms with Crippen molar-refractivity contribution < 1.29 is 0 Å². The Morgan fingerprint density at radius 3 is 1.14 bits per heavy atom. The second-order valence-corrected chi connectivity index (χ2v) is 9.04. The number of rotatable bonds is 8. The maximum Gasteiger partial charge on any atom is 0.0243 e. The van der Waals surface area contributed by atoms with Gasteiger partial charge < -0.3 is 0 Å². The summed E-state index contributed by atoms with van der Waals surface area (Å²) in [6.07, 6.45) is 18.1. The van der Waals surface area contributed by atoms with E-state index in [1.165, 1.54) is 65.5 Å². The van der Waals surface area contributed by atoms with Gasteiger partial charge in [-0.15, -0.1) is 12.8 Å². The van der Waals surface area contributed by atoms with Gasteiger partial charge in [-0.1, -0.05) is 118 Å². The van der Waals surface area contributed by atoms with Crippen molar-refractivity contribution in [2.75, 3.05) is 0 Å². The first-order valence-corrected chi connectivity index (χ1v) is 13.0. The molecule has 0 heterocycles. The molecule has 4 aromatic rings. The van der Waals surface area contributed by atoms with Gasteiger partial charge in [-0.05, 0) is 76.9 Å². The average Bonchev–Trinajstić information content (AvgIpc) is 2.95. The zero-order chi connectivity index (χ0) is 25.6. The lowest BCUT2D eigenvalue weighted by Crippen LogP contribution is -1.86. The van der Waals surface area contributed by atoms with Crippen LogP contribution in [0.5, 0.6) is 0 Å². The molecule has 0 bridgehead atoms. The molecule has 0 spiro atoms. The van der Waals surface area contributed by atoms with E-state index in [9.17, 15) is 0 Å². The number of terminal acetylenes is 2. The van der Waals surface area contributed by atoms with Gasteiger partial charge in [0.2, 0.25) is 0 Å². The van der Waals surface area contributed by atoms with Crippen LogP contribution in [0.2, 0.25) is 0 Å². The monoisotopic (exact) mass is 468 g/mol. The third-order valence-electron chi connectivity index (χ3n) is 6.29. The summed E-state index contributed by atoms with van der Waals surface area (Å²) in [6, 6.07) is 33.9. The molecule has 0 radical (unpaired) electrons. The van der Waals surface area contributed by atoms with Crippen molar-refractivity contribution in [3.8, 4) is 46.9 Å². The lowest BCUT2D eigenvalue weighted by Gasteiger charge is -2.05. The van der Waals surface area contributed by atoms with Gasteiger partial charge in [0.25, 0.3) is 0 Å². The maximum absolute atomic E-state index is 5.37. The highest BCUT2D eigenvalue weighted by molar-refractivity contribution is 5.65. The third-order valence-corrected chi connectivity index (χ3v) is 6.29. The van der Waals surface area contributed by atoms with E-state index in [4.69, 9.17) is 12.8 Å². The molecule has 0 atom stereocenters. The first-order chi connectivity index (χ1) is 17.7. The van der Waals surface area contributed by atoms with Crippen LogP contribution in [-0.4, -0.2) is 0 Å². The molecule has 0 saturated heterocycles. The molecule has 0 unspecified atom stereocenters. The quantitative estimate of drug-likeness (QED) is 0.178. The van der Waals surface area contributed by atoms with E-state index in [0.29, 0.717) is 0 Å². The summed E-state index contributed by atoms with van der Waals surface area (Å²) in [6.45, 7) is 4.44. The Hall–Kier alpha value is -4.00. The van der Waals surface area contributed by atoms with Gasteiger partial charge >= 0.3 is 0 Å². The lowest BCUT2D eigenvalue weighted by atomic mass is 10.0. The molecule has 0 aliphatic carbocycles. The van der Waals surface area contributed by atoms with E-state index in [0.717, 1.165) is 17.5 Å². The Balaban J connectivity index is 0.000000202. The van der Waals surface area contributed by atoms with Crippen molar-refractivity contribution in [2.24, 2.45) is 0 Å². The minimum Gasteiger partial charge on any atom is -0.115 e. The van der Waals surface area contributed by atoms with E-state index in [1.807, 2.05) is 24.3 Å². The van der Waals surface area contributed by atoms with E-state index in [1.54, 1.807) is 0 Å². The summed E-state index contributed by atoms with van der Waals surface area (Å²) in [5.41, 5.74) is 9.62. The first-order valence-electron chi connectivity index (χ1n) is 13.0. The molecule has 0 N–H and O–H groups in total. The van der Waals surface area contributed by atoms with Crippen molar-refractivity contribution in [1.29, 1.82) is 0 Å². The van der Waals surface area contributed by atoms with Crippen molar-refractivity contribution in [2.45, 2.75) is 52.4 Å². The lowest BCUT2D eigenvalue weighted by molar-refractivity contribution is 0.717. The van der Waals surface area contributed by atoms with Crippen LogP contribution in [0.4, 0.5) is 0 Å². The number of aryl methyl sites for hydroxylation is 2. The molecule has 0 heteroatoms. The Morgan fingerprint density at radius 2 is 0.806 bits per heavy atom. The minimum absolute atomic E-state index is 0.927. The molecule has 4 rings (SSSR count). The second kappa shape index (κ2) is 14.4. The highest BCUT2D eigenvalue weighted by Gasteiger charge is 1.99. The highest BCUT2D eigenvalue weighted by Crippen LogP contribution is 2.22. The van der Waals surface area contributed by atoms with Gasteiger partial charge in [0.05, 0.1) is 0 Å². The Labute approximate surface area is 218 Å². The van der Waals surface area contributed by atoms with E-state index < -0.39 is 0 Å². The Bertz CT molecular complexity index is 1260. The van der Waals surface area contributed by atoms with Crippen molar-refractivity contribution in [1.82, 2.24) is 0 Å². The van der Waals surface area contributed by atoms with Gasteiger partial charge in [0, 0.05) is 11.1 Å². The molecule has 0 saturated carbocycles. The molecule has 0 nitrogen and oxygen atoms in total. The fourth-order valence-electron chi connectivity index (χ4n) is 4.11. The number of hydrogen-bond donors (Lipinski definition) is 0. The van der Waals surface area contributed by atoms with Gasteiger partial charge in [-0.2, -0.15) is 0 Å². The standard InChI is InChI=1S/C19H20.C17H16/c1-3-5-6-7-17-10-14-19(15-11-17)18-12-8-16(4-2)9-13-18;1-3-5-15-8-12-17(13-9-15)16-10-6-14(4-2)7-11-16/h2,8-15H,3,5-7H2,1H3;2,6-13H,3,5H2,1H3. The molecule has 0 aliphatic rings. The maximum atomic E-state index is 5.37. The predicted octanol–water partition coefficient (Wildman–Crippen LogP) is 9.35. The van der Waals surface area contributed by atoms with Gasteiger partial charge in [-0.3, -0.25) is 0 Å². The summed E-state index contributed by atoms with van der Waals surface area (Å²) in [5, 5.41) is 0. The summed E-state index contributed by atoms with van der Waals surface area (Å²) in [7, 11) is 0. The molecule has 4 aromatic carbocycles. The Kier molecular flexibility index (Phi) is 10.6. The van der Waals surface area contributed by atoms with Crippen LogP contribution in [0.25, 0.3) is 22.3 Å². The first kappa shape index (κ1) is 26.6. The van der Waals surface area contributed by atoms with E-state index in [2.05, 4.69) is 98.5 Å². The fraction of sp³-hybridized carbons (Fsp3) is 0.222. The largest absolute Gasteiger partial charge is 0.115 e. The third kappa shape index (κ3) is 8.05. The summed E-state index contributed by atoms with van der Waals surface area (Å²) >= 11 is 0. The molecular formula is C36H36. The van der Waals surface area contributed by atoms with Crippen LogP contribution >= 0.6 is 0 Å². The average molecular weight is 469 g/mol. The summed E-state index contributed by atoms with van der Waals surface area (Å²) in [4.78, 5) is 0. The molecule has 0 amide bonds. The second-order valence-electron chi connectivity index (χ2n) is 9.04. The van der Waals surface area contributed by atoms with Gasteiger partial charge in [0.1, 0.15) is 0 Å². The number of unbranched alkanes of at least 4 members (excludes halogenated alkanes) is 2. The molecule has 180 valence electrons. The zero-order valence-corrected chi connectivity index (χ0v) is 21.6. The number of benzene rings is 4. The van der Waals surface area contributed by atoms with E-state index >= 15 is 0 Å². The summed E-state index contributed by atoms with van der Waals surface area (Å²) < 4.78 is 0. The normalized spacial score (nSPS) is 10.0. The molecule has 36 heavy (non-hydrogen) atoms. The zero-order valence-electron chi connectivity index (χ0n) is 21.6. The van der Waals surface area contributed by atoms with Crippen LogP contribution in [0, 0.1) is 24.7 Å². The van der Waals surface area contributed by atoms with Crippen LogP contribution in [0.3, 0.4) is 0 Å². The summed E-state index contributed by atoms with van der Waals surface area (Å²) in [5.74, 6) is 5.27. The Morgan fingerprint density at radius 1 is 0.444 bits per heavy atom. The molecular weight excluding hydrogens is 432 g/mol. The van der Waals surface area contributed by atoms with Crippen molar-refractivity contribution in [3.05, 3.63) is 119 Å². The molecule has 0 fully saturated rings. The molecule has 0 aromatic heterocycles. The fourth-order valence-corrected chi connectivity index (χ4v) is 4.11. The minimum atomic E-state index is 0.927. The van der Waals surface area contributed by atoms with Crippen LogP contribution < -0.4 is 0 Å². The van der Waals surface area contributed by atoms with Gasteiger partial charge in [0.15, 0.2) is 0 Å². The molecule has 0 aliphatic heterocycles. The van der Waals surface area contributed by atoms with Crippen molar-refractivity contribution >= 4 is 0 Å². The van der Waals surface area contributed by atoms with E-state index in [-0.39, 0.29) is 0 Å². The van der Waals surface area contributed by atoms with Crippen LogP contribution in [0.1, 0.15) is 61.8 Å². The SMILES string of the molecule is C#Cc1ccc(-c2ccc(CCC)cc2)cc1.C#Cc1ccc(-c2ccc(CCCCC)cc2)cc1. The number of hydrogen-bond acceptors (Lipinski definition) is 0. The van der Waals surface area contributed by atoms with Crippen LogP contribution in [0.15, 0.2) is 97.1 Å². The van der Waals surface area contributed by atoms with Crippen molar-refractivity contribution in [3.63, 3.8) is 0 Å². The smallest absolute Gasteiger partial charge is 0.0243 e. The van der Waals surface area contributed by atoms with Crippen LogP contribution in [-0.2, 0) is 12.8 Å². The van der Waals surface area contributed by atoms with Gasteiger partial charge in [-0.25, -0.2) is 0 Å². The predicted molar refractivity (Wildman–Crippen MR) is 157 cm³/mol. The topological polar surface area (TPSA) is 0 Å².